The van der Waals surface area contributed by atoms with Gasteiger partial charge in [0.1, 0.15) is 14.9 Å². The molecule has 1 saturated heterocycles. The molecule has 0 bridgehead atoms. The van der Waals surface area contributed by atoms with Crippen molar-refractivity contribution in [3.05, 3.63) is 58.9 Å². The van der Waals surface area contributed by atoms with E-state index in [1.807, 2.05) is 30.3 Å². The summed E-state index contributed by atoms with van der Waals surface area (Å²) in [5.74, 6) is -0.0991. The number of hydrogen-bond donors (Lipinski definition) is 1. The van der Waals surface area contributed by atoms with Gasteiger partial charge in [0.25, 0.3) is 5.91 Å². The highest BCUT2D eigenvalue weighted by molar-refractivity contribution is 7.91. The lowest BCUT2D eigenvalue weighted by Gasteiger charge is -2.31. The first-order valence-corrected chi connectivity index (χ1v) is 12.1. The lowest BCUT2D eigenvalue weighted by atomic mass is 10.1. The number of thiazole rings is 1. The Balaban J connectivity index is 1.36. The van der Waals surface area contributed by atoms with Crippen LogP contribution in [0.2, 0.25) is 0 Å². The Hall–Kier alpha value is -2.07. The van der Waals surface area contributed by atoms with Crippen molar-refractivity contribution in [3.63, 3.8) is 0 Å². The standard InChI is InChI=1S/C19H19N3O3S3/c23-19(16-13-27-18(20-16)14-5-2-1-3-6-14)22-10-8-15(9-11-22)21-28(24,25)17-7-4-12-26-17/h1-7,12-13,15,21H,8-11H2. The van der Waals surface area contributed by atoms with Crippen LogP contribution < -0.4 is 4.72 Å². The van der Waals surface area contributed by atoms with E-state index >= 15 is 0 Å². The lowest BCUT2D eigenvalue weighted by Crippen LogP contribution is -2.46. The number of thiophene rings is 1. The van der Waals surface area contributed by atoms with E-state index in [-0.39, 0.29) is 11.9 Å². The van der Waals surface area contributed by atoms with E-state index in [2.05, 4.69) is 9.71 Å². The largest absolute Gasteiger partial charge is 0.337 e. The SMILES string of the molecule is O=C(c1csc(-c2ccccc2)n1)N1CCC(NS(=O)(=O)c2cccs2)CC1. The minimum absolute atomic E-state index is 0.0991. The van der Waals surface area contributed by atoms with E-state index in [0.29, 0.717) is 35.8 Å². The maximum Gasteiger partial charge on any atom is 0.273 e. The van der Waals surface area contributed by atoms with Crippen molar-refractivity contribution in [3.8, 4) is 10.6 Å². The van der Waals surface area contributed by atoms with E-state index in [0.717, 1.165) is 10.6 Å². The number of amides is 1. The lowest BCUT2D eigenvalue weighted by molar-refractivity contribution is 0.0706. The van der Waals surface area contributed by atoms with Crippen LogP contribution in [0.15, 0.2) is 57.4 Å². The van der Waals surface area contributed by atoms with Crippen LogP contribution in [0.5, 0.6) is 0 Å². The summed E-state index contributed by atoms with van der Waals surface area (Å²) in [6.07, 6.45) is 1.18. The van der Waals surface area contributed by atoms with Crippen molar-refractivity contribution < 1.29 is 13.2 Å². The molecule has 146 valence electrons. The second-order valence-corrected chi connectivity index (χ2v) is 10.3. The normalized spacial score (nSPS) is 15.6. The molecule has 1 aliphatic heterocycles. The van der Waals surface area contributed by atoms with E-state index in [9.17, 15) is 13.2 Å². The molecule has 1 aliphatic rings. The molecule has 1 fully saturated rings. The molecule has 3 heterocycles. The molecule has 0 saturated carbocycles. The van der Waals surface area contributed by atoms with E-state index in [1.54, 1.807) is 27.8 Å². The molecule has 1 N–H and O–H groups in total. The van der Waals surface area contributed by atoms with Crippen molar-refractivity contribution in [2.75, 3.05) is 13.1 Å². The van der Waals surface area contributed by atoms with Gasteiger partial charge in [-0.25, -0.2) is 18.1 Å². The van der Waals surface area contributed by atoms with E-state index in [1.165, 1.54) is 22.7 Å². The molecular formula is C19H19N3O3S3. The van der Waals surface area contributed by atoms with Gasteiger partial charge in [-0.3, -0.25) is 4.79 Å². The third-order valence-corrected chi connectivity index (χ3v) is 8.42. The van der Waals surface area contributed by atoms with Gasteiger partial charge in [-0.2, -0.15) is 0 Å². The van der Waals surface area contributed by atoms with Gasteiger partial charge < -0.3 is 4.90 Å². The van der Waals surface area contributed by atoms with Gasteiger partial charge in [0.15, 0.2) is 0 Å². The molecule has 28 heavy (non-hydrogen) atoms. The zero-order valence-corrected chi connectivity index (χ0v) is 17.4. The highest BCUT2D eigenvalue weighted by atomic mass is 32.2. The second-order valence-electron chi connectivity index (χ2n) is 6.52. The second kappa shape index (κ2) is 8.12. The summed E-state index contributed by atoms with van der Waals surface area (Å²) in [5, 5.41) is 4.35. The number of nitrogens with one attached hydrogen (secondary N) is 1. The quantitative estimate of drug-likeness (QED) is 0.668. The number of likely N-dealkylation sites (tertiary alicyclic amines) is 1. The highest BCUT2D eigenvalue weighted by Gasteiger charge is 2.28. The molecule has 1 amide bonds. The molecule has 9 heteroatoms. The highest BCUT2D eigenvalue weighted by Crippen LogP contribution is 2.25. The summed E-state index contributed by atoms with van der Waals surface area (Å²) in [6, 6.07) is 12.9. The number of carbonyl (C=O) groups excluding carboxylic acids is 1. The third kappa shape index (κ3) is 4.17. The predicted octanol–water partition coefficient (Wildman–Crippen LogP) is 3.45. The minimum Gasteiger partial charge on any atom is -0.337 e. The molecule has 0 radical (unpaired) electrons. The number of rotatable bonds is 5. The van der Waals surface area contributed by atoms with Crippen molar-refractivity contribution in [1.29, 1.82) is 0 Å². The molecule has 3 aromatic rings. The number of aromatic nitrogens is 1. The number of benzene rings is 1. The summed E-state index contributed by atoms with van der Waals surface area (Å²) in [6.45, 7) is 1.02. The number of carbonyl (C=O) groups is 1. The maximum absolute atomic E-state index is 12.8. The number of hydrogen-bond acceptors (Lipinski definition) is 6. The van der Waals surface area contributed by atoms with Crippen molar-refractivity contribution in [2.24, 2.45) is 0 Å². The summed E-state index contributed by atoms with van der Waals surface area (Å²) < 4.78 is 27.8. The van der Waals surface area contributed by atoms with Crippen LogP contribution in [0.3, 0.4) is 0 Å². The fourth-order valence-corrected chi connectivity index (χ4v) is 6.26. The van der Waals surface area contributed by atoms with Crippen LogP contribution in [0, 0.1) is 0 Å². The summed E-state index contributed by atoms with van der Waals surface area (Å²) in [7, 11) is -3.48. The van der Waals surface area contributed by atoms with Gasteiger partial charge >= 0.3 is 0 Å². The maximum atomic E-state index is 12.8. The first-order valence-electron chi connectivity index (χ1n) is 8.89. The topological polar surface area (TPSA) is 79.4 Å². The number of nitrogens with zero attached hydrogens (tertiary/aromatic N) is 2. The van der Waals surface area contributed by atoms with E-state index in [4.69, 9.17) is 0 Å². The van der Waals surface area contributed by atoms with Crippen LogP contribution in [-0.4, -0.2) is 43.3 Å². The zero-order valence-electron chi connectivity index (χ0n) is 14.9. The minimum atomic E-state index is -3.48. The van der Waals surface area contributed by atoms with Crippen LogP contribution in [0.25, 0.3) is 10.6 Å². The Morgan fingerprint density at radius 1 is 1.07 bits per heavy atom. The van der Waals surface area contributed by atoms with Crippen molar-refractivity contribution in [2.45, 2.75) is 23.1 Å². The van der Waals surface area contributed by atoms with Crippen molar-refractivity contribution in [1.82, 2.24) is 14.6 Å². The Bertz CT molecular complexity index is 1040. The van der Waals surface area contributed by atoms with Gasteiger partial charge in [0.05, 0.1) is 0 Å². The molecular weight excluding hydrogens is 414 g/mol. The Labute approximate surface area is 171 Å². The Morgan fingerprint density at radius 2 is 1.82 bits per heavy atom. The summed E-state index contributed by atoms with van der Waals surface area (Å²) >= 11 is 2.65. The van der Waals surface area contributed by atoms with Crippen LogP contribution in [0.1, 0.15) is 23.3 Å². The number of sulfonamides is 1. The van der Waals surface area contributed by atoms with Gasteiger partial charge in [-0.15, -0.1) is 22.7 Å². The fourth-order valence-electron chi connectivity index (χ4n) is 3.14. The Morgan fingerprint density at radius 3 is 2.50 bits per heavy atom. The summed E-state index contributed by atoms with van der Waals surface area (Å²) in [4.78, 5) is 19.0. The Kier molecular flexibility index (Phi) is 5.58. The van der Waals surface area contributed by atoms with Crippen LogP contribution in [-0.2, 0) is 10.0 Å². The molecule has 0 unspecified atom stereocenters. The molecule has 0 atom stereocenters. The van der Waals surface area contributed by atoms with Crippen molar-refractivity contribution >= 4 is 38.6 Å². The van der Waals surface area contributed by atoms with Gasteiger partial charge in [-0.1, -0.05) is 36.4 Å². The first kappa shape index (κ1) is 19.3. The smallest absolute Gasteiger partial charge is 0.273 e. The molecule has 6 nitrogen and oxygen atoms in total. The first-order chi connectivity index (χ1) is 13.5. The van der Waals surface area contributed by atoms with Crippen LogP contribution in [0.4, 0.5) is 0 Å². The van der Waals surface area contributed by atoms with E-state index < -0.39 is 10.0 Å². The van der Waals surface area contributed by atoms with Crippen LogP contribution >= 0.6 is 22.7 Å². The van der Waals surface area contributed by atoms with Gasteiger partial charge in [0.2, 0.25) is 10.0 Å². The zero-order chi connectivity index (χ0) is 19.6. The predicted molar refractivity (Wildman–Crippen MR) is 111 cm³/mol. The molecule has 4 rings (SSSR count). The molecule has 0 aliphatic carbocycles. The average Bonchev–Trinajstić information content (AvgIpc) is 3.41. The molecule has 0 spiro atoms. The molecule has 1 aromatic carbocycles. The van der Waals surface area contributed by atoms with Gasteiger partial charge in [-0.05, 0) is 24.3 Å². The summed E-state index contributed by atoms with van der Waals surface area (Å²) in [5.41, 5.74) is 1.44. The fraction of sp³-hybridized carbons (Fsp3) is 0.263. The number of piperidine rings is 1. The molecule has 2 aromatic heterocycles. The van der Waals surface area contributed by atoms with Gasteiger partial charge in [0, 0.05) is 30.1 Å². The monoisotopic (exact) mass is 433 g/mol. The third-order valence-electron chi connectivity index (χ3n) is 4.61. The average molecular weight is 434 g/mol.